The number of para-hydroxylation sites is 1. The quantitative estimate of drug-likeness (QED) is 0.777. The van der Waals surface area contributed by atoms with Crippen LogP contribution in [0.3, 0.4) is 0 Å². The van der Waals surface area contributed by atoms with Crippen molar-refractivity contribution in [2.24, 2.45) is 5.73 Å². The highest BCUT2D eigenvalue weighted by Gasteiger charge is 2.16. The molecule has 3 nitrogen and oxygen atoms in total. The summed E-state index contributed by atoms with van der Waals surface area (Å²) in [5, 5.41) is 0. The number of ether oxygens (including phenoxy) is 1. The zero-order chi connectivity index (χ0) is 12.2. The number of benzene rings is 1. The number of rotatable bonds is 5. The van der Waals surface area contributed by atoms with Crippen LogP contribution < -0.4 is 10.5 Å². The van der Waals surface area contributed by atoms with Gasteiger partial charge in [0, 0.05) is 12.0 Å². The van der Waals surface area contributed by atoms with Gasteiger partial charge in [0.15, 0.2) is 5.78 Å². The molecule has 0 fully saturated rings. The predicted molar refractivity (Wildman–Crippen MR) is 64.8 cm³/mol. The summed E-state index contributed by atoms with van der Waals surface area (Å²) < 4.78 is 5.15. The van der Waals surface area contributed by atoms with Crippen molar-refractivity contribution in [3.05, 3.63) is 29.8 Å². The lowest BCUT2D eigenvalue weighted by Gasteiger charge is -2.17. The van der Waals surface area contributed by atoms with Gasteiger partial charge in [0.05, 0.1) is 12.7 Å². The van der Waals surface area contributed by atoms with E-state index in [-0.39, 0.29) is 11.3 Å². The van der Waals surface area contributed by atoms with Crippen LogP contribution in [0.2, 0.25) is 0 Å². The fourth-order valence-corrected chi connectivity index (χ4v) is 1.45. The van der Waals surface area contributed by atoms with Crippen LogP contribution in [-0.4, -0.2) is 18.4 Å². The summed E-state index contributed by atoms with van der Waals surface area (Å²) in [7, 11) is 1.57. The number of hydrogen-bond donors (Lipinski definition) is 1. The lowest BCUT2D eigenvalue weighted by molar-refractivity contribution is 0.0969. The van der Waals surface area contributed by atoms with Crippen molar-refractivity contribution in [2.45, 2.75) is 32.2 Å². The molecule has 0 aliphatic carbocycles. The van der Waals surface area contributed by atoms with Crippen molar-refractivity contribution >= 4 is 5.78 Å². The van der Waals surface area contributed by atoms with Gasteiger partial charge in [0.2, 0.25) is 0 Å². The smallest absolute Gasteiger partial charge is 0.166 e. The number of methoxy groups -OCH3 is 1. The molecule has 0 unspecified atom stereocenters. The van der Waals surface area contributed by atoms with E-state index >= 15 is 0 Å². The molecule has 88 valence electrons. The molecule has 0 spiro atoms. The van der Waals surface area contributed by atoms with Crippen LogP contribution in [0.25, 0.3) is 0 Å². The van der Waals surface area contributed by atoms with Gasteiger partial charge in [-0.3, -0.25) is 4.79 Å². The molecule has 0 saturated heterocycles. The molecule has 1 aromatic carbocycles. The Morgan fingerprint density at radius 3 is 2.56 bits per heavy atom. The average molecular weight is 221 g/mol. The van der Waals surface area contributed by atoms with E-state index in [1.165, 1.54) is 0 Å². The maximum absolute atomic E-state index is 11.9. The largest absolute Gasteiger partial charge is 0.496 e. The minimum Gasteiger partial charge on any atom is -0.496 e. The zero-order valence-corrected chi connectivity index (χ0v) is 10.1. The Morgan fingerprint density at radius 2 is 2.00 bits per heavy atom. The molecule has 0 radical (unpaired) electrons. The average Bonchev–Trinajstić information content (AvgIpc) is 2.25. The summed E-state index contributed by atoms with van der Waals surface area (Å²) in [5.41, 5.74) is 6.17. The Balaban J connectivity index is 2.73. The summed E-state index contributed by atoms with van der Waals surface area (Å²) in [5.74, 6) is 0.707. The SMILES string of the molecule is COc1ccccc1C(=O)CCC(C)(C)N. The molecule has 0 aromatic heterocycles. The third kappa shape index (κ3) is 3.66. The van der Waals surface area contributed by atoms with E-state index in [1.54, 1.807) is 19.2 Å². The van der Waals surface area contributed by atoms with E-state index in [0.29, 0.717) is 24.2 Å². The second-order valence-electron chi connectivity index (χ2n) is 4.61. The summed E-state index contributed by atoms with van der Waals surface area (Å²) in [4.78, 5) is 11.9. The van der Waals surface area contributed by atoms with Crippen LogP contribution in [0.1, 0.15) is 37.0 Å². The predicted octanol–water partition coefficient (Wildman–Crippen LogP) is 2.40. The van der Waals surface area contributed by atoms with E-state index < -0.39 is 0 Å². The molecule has 0 aliphatic heterocycles. The van der Waals surface area contributed by atoms with E-state index in [4.69, 9.17) is 10.5 Å². The first-order valence-corrected chi connectivity index (χ1v) is 5.39. The number of nitrogens with two attached hydrogens (primary N) is 1. The summed E-state index contributed by atoms with van der Waals surface area (Å²) in [6.45, 7) is 3.84. The molecule has 2 N–H and O–H groups in total. The molecule has 0 amide bonds. The van der Waals surface area contributed by atoms with Crippen LogP contribution in [0.4, 0.5) is 0 Å². The molecule has 16 heavy (non-hydrogen) atoms. The Bertz CT molecular complexity index is 366. The van der Waals surface area contributed by atoms with Gasteiger partial charge in [-0.05, 0) is 32.4 Å². The van der Waals surface area contributed by atoms with E-state index in [0.717, 1.165) is 0 Å². The van der Waals surface area contributed by atoms with Crippen molar-refractivity contribution in [2.75, 3.05) is 7.11 Å². The Kier molecular flexibility index (Phi) is 4.07. The van der Waals surface area contributed by atoms with Crippen molar-refractivity contribution in [1.82, 2.24) is 0 Å². The second kappa shape index (κ2) is 5.12. The van der Waals surface area contributed by atoms with Crippen LogP contribution in [-0.2, 0) is 0 Å². The lowest BCUT2D eigenvalue weighted by atomic mass is 9.96. The monoisotopic (exact) mass is 221 g/mol. The third-order valence-corrected chi connectivity index (χ3v) is 2.40. The maximum Gasteiger partial charge on any atom is 0.166 e. The number of carbonyl (C=O) groups is 1. The molecular weight excluding hydrogens is 202 g/mol. The van der Waals surface area contributed by atoms with Crippen LogP contribution in [0.15, 0.2) is 24.3 Å². The van der Waals surface area contributed by atoms with Crippen LogP contribution in [0.5, 0.6) is 5.75 Å². The Morgan fingerprint density at radius 1 is 1.38 bits per heavy atom. The fourth-order valence-electron chi connectivity index (χ4n) is 1.45. The van der Waals surface area contributed by atoms with Gasteiger partial charge in [-0.1, -0.05) is 12.1 Å². The maximum atomic E-state index is 11.9. The van der Waals surface area contributed by atoms with Crippen LogP contribution >= 0.6 is 0 Å². The van der Waals surface area contributed by atoms with Crippen molar-refractivity contribution in [1.29, 1.82) is 0 Å². The van der Waals surface area contributed by atoms with E-state index in [9.17, 15) is 4.79 Å². The standard InChI is InChI=1S/C13H19NO2/c1-13(2,14)9-8-11(15)10-6-4-5-7-12(10)16-3/h4-7H,8-9,14H2,1-3H3. The first-order valence-electron chi connectivity index (χ1n) is 5.39. The van der Waals surface area contributed by atoms with E-state index in [2.05, 4.69) is 0 Å². The summed E-state index contributed by atoms with van der Waals surface area (Å²) >= 11 is 0. The molecular formula is C13H19NO2. The highest BCUT2D eigenvalue weighted by atomic mass is 16.5. The van der Waals surface area contributed by atoms with Gasteiger partial charge in [-0.25, -0.2) is 0 Å². The topological polar surface area (TPSA) is 52.3 Å². The molecule has 0 bridgehead atoms. The van der Waals surface area contributed by atoms with Gasteiger partial charge in [0.1, 0.15) is 5.75 Å². The summed E-state index contributed by atoms with van der Waals surface area (Å²) in [6.07, 6.45) is 1.12. The molecule has 0 heterocycles. The van der Waals surface area contributed by atoms with Gasteiger partial charge in [-0.15, -0.1) is 0 Å². The van der Waals surface area contributed by atoms with Gasteiger partial charge in [0.25, 0.3) is 0 Å². The molecule has 1 aromatic rings. The molecule has 0 aliphatic rings. The highest BCUT2D eigenvalue weighted by molar-refractivity contribution is 5.98. The number of ketones is 1. The van der Waals surface area contributed by atoms with E-state index in [1.807, 2.05) is 26.0 Å². The molecule has 1 rings (SSSR count). The molecule has 0 atom stereocenters. The minimum absolute atomic E-state index is 0.0796. The lowest BCUT2D eigenvalue weighted by Crippen LogP contribution is -2.32. The number of carbonyl (C=O) groups excluding carboxylic acids is 1. The van der Waals surface area contributed by atoms with Gasteiger partial charge < -0.3 is 10.5 Å². The molecule has 0 saturated carbocycles. The third-order valence-electron chi connectivity index (χ3n) is 2.40. The number of hydrogen-bond acceptors (Lipinski definition) is 3. The minimum atomic E-state index is -0.308. The van der Waals surface area contributed by atoms with Crippen molar-refractivity contribution in [3.8, 4) is 5.75 Å². The second-order valence-corrected chi connectivity index (χ2v) is 4.61. The van der Waals surface area contributed by atoms with Crippen molar-refractivity contribution < 1.29 is 9.53 Å². The van der Waals surface area contributed by atoms with Gasteiger partial charge >= 0.3 is 0 Å². The zero-order valence-electron chi connectivity index (χ0n) is 10.1. The summed E-state index contributed by atoms with van der Waals surface area (Å²) in [6, 6.07) is 7.26. The van der Waals surface area contributed by atoms with Crippen LogP contribution in [0, 0.1) is 0 Å². The fraction of sp³-hybridized carbons (Fsp3) is 0.462. The normalized spacial score (nSPS) is 11.2. The van der Waals surface area contributed by atoms with Gasteiger partial charge in [-0.2, -0.15) is 0 Å². The van der Waals surface area contributed by atoms with Crippen molar-refractivity contribution in [3.63, 3.8) is 0 Å². The molecule has 3 heteroatoms. The first kappa shape index (κ1) is 12.7. The first-order chi connectivity index (χ1) is 7.44. The Hall–Kier alpha value is -1.35. The number of Topliss-reactive ketones (excluding diaryl/α,β-unsaturated/α-hetero) is 1. The Labute approximate surface area is 96.6 Å². The highest BCUT2D eigenvalue weighted by Crippen LogP contribution is 2.20.